The van der Waals surface area contributed by atoms with Crippen molar-refractivity contribution in [2.24, 2.45) is 5.84 Å². The molecule has 0 aliphatic carbocycles. The van der Waals surface area contributed by atoms with Gasteiger partial charge in [0.05, 0.1) is 16.8 Å². The van der Waals surface area contributed by atoms with Crippen molar-refractivity contribution in [2.45, 2.75) is 6.04 Å². The largest absolute Gasteiger partial charge is 0.271 e. The molecular weight excluding hydrogens is 480 g/mol. The van der Waals surface area contributed by atoms with Gasteiger partial charge in [0.15, 0.2) is 0 Å². The minimum Gasteiger partial charge on any atom is -0.271 e. The first-order valence-electron chi connectivity index (χ1n) is 5.36. The zero-order valence-corrected chi connectivity index (χ0v) is 15.3. The van der Waals surface area contributed by atoms with E-state index < -0.39 is 11.9 Å². The van der Waals surface area contributed by atoms with Gasteiger partial charge in [-0.15, -0.1) is 0 Å². The smallest absolute Gasteiger partial charge is 0.148 e. The normalized spacial score (nSPS) is 12.5. The van der Waals surface area contributed by atoms with Crippen LogP contribution in [0.25, 0.3) is 0 Å². The van der Waals surface area contributed by atoms with E-state index in [1.165, 1.54) is 0 Å². The molecule has 1 unspecified atom stereocenters. The average molecular weight is 488 g/mol. The highest BCUT2D eigenvalue weighted by atomic mass is 79.9. The monoisotopic (exact) mass is 485 g/mol. The minimum atomic E-state index is -0.622. The van der Waals surface area contributed by atoms with Crippen molar-refractivity contribution in [1.29, 1.82) is 0 Å². The lowest BCUT2D eigenvalue weighted by Crippen LogP contribution is -2.30. The number of nitrogens with one attached hydrogen (secondary N) is 1. The molecule has 3 nitrogen and oxygen atoms in total. The molecule has 0 saturated carbocycles. The van der Waals surface area contributed by atoms with Crippen LogP contribution in [-0.4, -0.2) is 4.98 Å². The molecule has 0 saturated heterocycles. The number of aromatic nitrogens is 1. The fourth-order valence-corrected chi connectivity index (χ4v) is 3.41. The number of nitrogens with two attached hydrogens (primary N) is 1. The van der Waals surface area contributed by atoms with Gasteiger partial charge in [0.1, 0.15) is 5.82 Å². The fourth-order valence-electron chi connectivity index (χ4n) is 1.72. The highest BCUT2D eigenvalue weighted by Crippen LogP contribution is 2.34. The summed E-state index contributed by atoms with van der Waals surface area (Å²) in [5, 5.41) is 0.0102. The summed E-state index contributed by atoms with van der Waals surface area (Å²) in [6.45, 7) is 0. The number of rotatable bonds is 3. The Morgan fingerprint density at radius 1 is 1.25 bits per heavy atom. The zero-order chi connectivity index (χ0) is 14.9. The van der Waals surface area contributed by atoms with Crippen molar-refractivity contribution >= 4 is 59.4 Å². The van der Waals surface area contributed by atoms with Crippen LogP contribution in [0.2, 0.25) is 5.02 Å². The molecule has 0 spiro atoms. The summed E-state index contributed by atoms with van der Waals surface area (Å²) in [7, 11) is 0. The van der Waals surface area contributed by atoms with E-state index in [1.807, 2.05) is 6.07 Å². The molecule has 2 aromatic rings. The van der Waals surface area contributed by atoms with Gasteiger partial charge in [-0.05, 0) is 59.9 Å². The molecule has 106 valence electrons. The third kappa shape index (κ3) is 3.23. The predicted octanol–water partition coefficient (Wildman–Crippen LogP) is 4.71. The van der Waals surface area contributed by atoms with Gasteiger partial charge in [-0.2, -0.15) is 0 Å². The van der Waals surface area contributed by atoms with Gasteiger partial charge in [0.2, 0.25) is 0 Å². The van der Waals surface area contributed by atoms with E-state index in [9.17, 15) is 4.39 Å². The number of nitrogens with zero attached hydrogens (tertiary/aromatic N) is 1. The first kappa shape index (κ1) is 16.3. The molecule has 0 amide bonds. The van der Waals surface area contributed by atoms with Crippen LogP contribution in [0.5, 0.6) is 0 Å². The maximum atomic E-state index is 14.3. The van der Waals surface area contributed by atoms with Crippen molar-refractivity contribution < 1.29 is 4.39 Å². The highest BCUT2D eigenvalue weighted by molar-refractivity contribution is 9.11. The number of hydrogen-bond acceptors (Lipinski definition) is 3. The zero-order valence-electron chi connectivity index (χ0n) is 9.80. The van der Waals surface area contributed by atoms with Gasteiger partial charge in [0.25, 0.3) is 0 Å². The molecule has 1 atom stereocenters. The van der Waals surface area contributed by atoms with Crippen LogP contribution in [-0.2, 0) is 0 Å². The molecule has 0 aliphatic heterocycles. The van der Waals surface area contributed by atoms with Crippen LogP contribution < -0.4 is 11.3 Å². The van der Waals surface area contributed by atoms with Gasteiger partial charge >= 0.3 is 0 Å². The van der Waals surface area contributed by atoms with Crippen LogP contribution in [0.1, 0.15) is 17.3 Å². The second-order valence-electron chi connectivity index (χ2n) is 3.88. The van der Waals surface area contributed by atoms with Gasteiger partial charge in [0, 0.05) is 25.2 Å². The molecule has 0 aliphatic rings. The van der Waals surface area contributed by atoms with Crippen LogP contribution in [0.4, 0.5) is 4.39 Å². The summed E-state index contributed by atoms with van der Waals surface area (Å²) in [6.07, 6.45) is 1.61. The standard InChI is InChI=1S/C12H8Br3ClFN3/c13-5-3-8(15)12(19-4-5)11(20-18)6-1-2-7(14)9(16)10(6)17/h1-4,11,20H,18H2. The lowest BCUT2D eigenvalue weighted by Gasteiger charge is -2.19. The molecule has 8 heteroatoms. The van der Waals surface area contributed by atoms with Crippen LogP contribution in [0.15, 0.2) is 37.8 Å². The Balaban J connectivity index is 2.55. The van der Waals surface area contributed by atoms with Gasteiger partial charge in [-0.1, -0.05) is 17.7 Å². The van der Waals surface area contributed by atoms with E-state index in [4.69, 9.17) is 17.4 Å². The quantitative estimate of drug-likeness (QED) is 0.374. The molecule has 0 fully saturated rings. The Labute approximate surface area is 145 Å². The molecule has 3 N–H and O–H groups in total. The van der Waals surface area contributed by atoms with E-state index in [1.54, 1.807) is 18.3 Å². The van der Waals surface area contributed by atoms with E-state index in [0.717, 1.165) is 4.47 Å². The summed E-state index contributed by atoms with van der Waals surface area (Å²) < 4.78 is 16.3. The van der Waals surface area contributed by atoms with Crippen LogP contribution >= 0.6 is 59.4 Å². The second kappa shape index (κ2) is 6.81. The van der Waals surface area contributed by atoms with E-state index in [-0.39, 0.29) is 5.02 Å². The molecular formula is C12H8Br3ClFN3. The summed E-state index contributed by atoms with van der Waals surface area (Å²) in [4.78, 5) is 4.26. The first-order chi connectivity index (χ1) is 9.45. The second-order valence-corrected chi connectivity index (χ2v) is 6.89. The predicted molar refractivity (Wildman–Crippen MR) is 87.9 cm³/mol. The first-order valence-corrected chi connectivity index (χ1v) is 8.12. The third-order valence-corrected chi connectivity index (χ3v) is 4.98. The molecule has 2 rings (SSSR count). The maximum Gasteiger partial charge on any atom is 0.148 e. The summed E-state index contributed by atoms with van der Waals surface area (Å²) in [6, 6.07) is 4.46. The molecule has 1 aromatic carbocycles. The van der Waals surface area contributed by atoms with Gasteiger partial charge in [-0.3, -0.25) is 10.8 Å². The average Bonchev–Trinajstić information content (AvgIpc) is 2.41. The Kier molecular flexibility index (Phi) is 5.56. The maximum absolute atomic E-state index is 14.3. The van der Waals surface area contributed by atoms with Crippen molar-refractivity contribution in [3.05, 3.63) is 59.9 Å². The lowest BCUT2D eigenvalue weighted by atomic mass is 10.0. The van der Waals surface area contributed by atoms with Crippen molar-refractivity contribution in [3.8, 4) is 0 Å². The van der Waals surface area contributed by atoms with Crippen molar-refractivity contribution in [3.63, 3.8) is 0 Å². The van der Waals surface area contributed by atoms with E-state index >= 15 is 0 Å². The van der Waals surface area contributed by atoms with Crippen LogP contribution in [0, 0.1) is 5.82 Å². The van der Waals surface area contributed by atoms with Gasteiger partial charge < -0.3 is 0 Å². The van der Waals surface area contributed by atoms with E-state index in [2.05, 4.69) is 58.2 Å². The number of halogens is 5. The number of pyridine rings is 1. The Morgan fingerprint density at radius 2 is 1.95 bits per heavy atom. The van der Waals surface area contributed by atoms with Crippen LogP contribution in [0.3, 0.4) is 0 Å². The SMILES string of the molecule is NNC(c1ccc(Br)c(Cl)c1F)c1ncc(Br)cc1Br. The Bertz CT molecular complexity index is 654. The number of benzene rings is 1. The molecule has 0 radical (unpaired) electrons. The van der Waals surface area contributed by atoms with Crippen molar-refractivity contribution in [2.75, 3.05) is 0 Å². The Hall–Kier alpha value is -0.0500. The number of hydrazine groups is 1. The minimum absolute atomic E-state index is 0.0102. The van der Waals surface area contributed by atoms with Crippen molar-refractivity contribution in [1.82, 2.24) is 10.4 Å². The molecule has 1 heterocycles. The van der Waals surface area contributed by atoms with Gasteiger partial charge in [-0.25, -0.2) is 9.82 Å². The molecule has 1 aromatic heterocycles. The Morgan fingerprint density at radius 3 is 2.55 bits per heavy atom. The molecule has 0 bridgehead atoms. The summed E-state index contributed by atoms with van der Waals surface area (Å²) in [5.74, 6) is 5.02. The lowest BCUT2D eigenvalue weighted by molar-refractivity contribution is 0.551. The summed E-state index contributed by atoms with van der Waals surface area (Å²) in [5.41, 5.74) is 3.44. The topological polar surface area (TPSA) is 50.9 Å². The summed E-state index contributed by atoms with van der Waals surface area (Å²) >= 11 is 15.8. The fraction of sp³-hybridized carbons (Fsp3) is 0.0833. The third-order valence-electron chi connectivity index (χ3n) is 2.65. The highest BCUT2D eigenvalue weighted by Gasteiger charge is 2.23. The molecule has 20 heavy (non-hydrogen) atoms. The van der Waals surface area contributed by atoms with E-state index in [0.29, 0.717) is 20.2 Å². The number of hydrogen-bond donors (Lipinski definition) is 2.